The van der Waals surface area contributed by atoms with Crippen molar-refractivity contribution in [2.75, 3.05) is 25.6 Å². The molecule has 0 unspecified atom stereocenters. The zero-order chi connectivity index (χ0) is 13.9. The molecule has 5 nitrogen and oxygen atoms in total. The third-order valence-corrected chi connectivity index (χ3v) is 4.35. The van der Waals surface area contributed by atoms with Crippen LogP contribution >= 0.6 is 0 Å². The summed E-state index contributed by atoms with van der Waals surface area (Å²) in [6.45, 7) is 1.80. The summed E-state index contributed by atoms with van der Waals surface area (Å²) in [6.07, 6.45) is -0.0390. The van der Waals surface area contributed by atoms with Gasteiger partial charge >= 0.3 is 0 Å². The fraction of sp³-hybridized carbons (Fsp3) is 0.417. The van der Waals surface area contributed by atoms with E-state index >= 15 is 0 Å². The van der Waals surface area contributed by atoms with Gasteiger partial charge in [0.15, 0.2) is 9.84 Å². The van der Waals surface area contributed by atoms with Gasteiger partial charge in [-0.1, -0.05) is 6.07 Å². The second kappa shape index (κ2) is 5.39. The molecule has 0 fully saturated rings. The molecule has 0 bridgehead atoms. The van der Waals surface area contributed by atoms with Crippen LogP contribution < -0.4 is 5.73 Å². The van der Waals surface area contributed by atoms with Crippen molar-refractivity contribution >= 4 is 21.4 Å². The molecule has 100 valence electrons. The molecule has 1 aromatic carbocycles. The number of carbonyl (C=O) groups excluding carboxylic acids is 1. The predicted octanol–water partition coefficient (Wildman–Crippen LogP) is 0.829. The largest absolute Gasteiger partial charge is 0.398 e. The Kier molecular flexibility index (Phi) is 4.34. The van der Waals surface area contributed by atoms with Crippen molar-refractivity contribution in [3.8, 4) is 0 Å². The molecular weight excluding hydrogens is 252 g/mol. The second-order valence-electron chi connectivity index (χ2n) is 4.40. The van der Waals surface area contributed by atoms with Crippen LogP contribution in [0.15, 0.2) is 23.1 Å². The Morgan fingerprint density at radius 2 is 1.94 bits per heavy atom. The van der Waals surface area contributed by atoms with Crippen LogP contribution in [0.3, 0.4) is 0 Å². The van der Waals surface area contributed by atoms with Crippen molar-refractivity contribution in [1.29, 1.82) is 0 Å². The van der Waals surface area contributed by atoms with Gasteiger partial charge in [-0.2, -0.15) is 0 Å². The topological polar surface area (TPSA) is 80.5 Å². The number of carbonyl (C=O) groups is 1. The van der Waals surface area contributed by atoms with Crippen LogP contribution in [0.2, 0.25) is 0 Å². The van der Waals surface area contributed by atoms with Gasteiger partial charge < -0.3 is 10.6 Å². The standard InChI is InChI=1S/C12H18N2O3S/c1-9-4-5-10(13)11(8-9)18(16,17)7-6-12(15)14(2)3/h4-5,8H,6-7,13H2,1-3H3. The first kappa shape index (κ1) is 14.5. The zero-order valence-corrected chi connectivity index (χ0v) is 11.6. The zero-order valence-electron chi connectivity index (χ0n) is 10.8. The number of nitrogen functional groups attached to an aromatic ring is 1. The Morgan fingerprint density at radius 1 is 1.33 bits per heavy atom. The minimum absolute atomic E-state index is 0.0390. The maximum absolute atomic E-state index is 12.1. The van der Waals surface area contributed by atoms with Crippen LogP contribution in [0, 0.1) is 6.92 Å². The number of hydrogen-bond acceptors (Lipinski definition) is 4. The number of benzene rings is 1. The quantitative estimate of drug-likeness (QED) is 0.822. The highest BCUT2D eigenvalue weighted by Gasteiger charge is 2.19. The molecule has 0 aromatic heterocycles. The van der Waals surface area contributed by atoms with Crippen LogP contribution in [-0.4, -0.2) is 39.1 Å². The molecule has 0 aliphatic rings. The molecule has 2 N–H and O–H groups in total. The highest BCUT2D eigenvalue weighted by atomic mass is 32.2. The van der Waals surface area contributed by atoms with E-state index < -0.39 is 9.84 Å². The van der Waals surface area contributed by atoms with Gasteiger partial charge in [-0.3, -0.25) is 4.79 Å². The maximum Gasteiger partial charge on any atom is 0.223 e. The first-order chi connectivity index (χ1) is 8.24. The molecule has 0 aliphatic heterocycles. The number of hydrogen-bond donors (Lipinski definition) is 1. The molecule has 0 atom stereocenters. The molecule has 0 radical (unpaired) electrons. The van der Waals surface area contributed by atoms with E-state index in [0.29, 0.717) is 0 Å². The SMILES string of the molecule is Cc1ccc(N)c(S(=O)(=O)CCC(=O)N(C)C)c1. The van der Waals surface area contributed by atoms with Gasteiger partial charge in [-0.05, 0) is 24.6 Å². The minimum atomic E-state index is -3.51. The summed E-state index contributed by atoms with van der Waals surface area (Å²) >= 11 is 0. The molecule has 18 heavy (non-hydrogen) atoms. The summed E-state index contributed by atoms with van der Waals surface area (Å²) in [5.41, 5.74) is 6.71. The van der Waals surface area contributed by atoms with Crippen molar-refractivity contribution in [2.45, 2.75) is 18.2 Å². The number of nitrogens with zero attached hydrogens (tertiary/aromatic N) is 1. The second-order valence-corrected chi connectivity index (χ2v) is 6.48. The minimum Gasteiger partial charge on any atom is -0.398 e. The molecule has 6 heteroatoms. The van der Waals surface area contributed by atoms with Gasteiger partial charge in [-0.15, -0.1) is 0 Å². The van der Waals surface area contributed by atoms with E-state index in [0.717, 1.165) is 5.56 Å². The molecule has 1 rings (SSSR count). The predicted molar refractivity (Wildman–Crippen MR) is 71.0 cm³/mol. The normalized spacial score (nSPS) is 11.3. The number of aryl methyl sites for hydroxylation is 1. The lowest BCUT2D eigenvalue weighted by atomic mass is 10.2. The number of amides is 1. The van der Waals surface area contributed by atoms with Crippen molar-refractivity contribution in [3.63, 3.8) is 0 Å². The summed E-state index contributed by atoms with van der Waals surface area (Å²) in [6, 6.07) is 4.85. The lowest BCUT2D eigenvalue weighted by molar-refractivity contribution is -0.128. The summed E-state index contributed by atoms with van der Waals surface area (Å²) in [5.74, 6) is -0.442. The molecule has 0 heterocycles. The molecule has 1 amide bonds. The maximum atomic E-state index is 12.1. The number of sulfone groups is 1. The first-order valence-corrected chi connectivity index (χ1v) is 7.18. The Morgan fingerprint density at radius 3 is 2.50 bits per heavy atom. The van der Waals surface area contributed by atoms with Crippen molar-refractivity contribution in [1.82, 2.24) is 4.90 Å². The molecule has 1 aromatic rings. The summed E-state index contributed by atoms with van der Waals surface area (Å²) in [5, 5.41) is 0. The number of nitrogens with two attached hydrogens (primary N) is 1. The van der Waals surface area contributed by atoms with Gasteiger partial charge in [-0.25, -0.2) is 8.42 Å². The van der Waals surface area contributed by atoms with Crippen molar-refractivity contribution < 1.29 is 13.2 Å². The Labute approximate surface area is 108 Å². The third-order valence-electron chi connectivity index (χ3n) is 2.59. The van der Waals surface area contributed by atoms with Crippen LogP contribution in [0.4, 0.5) is 5.69 Å². The van der Waals surface area contributed by atoms with Crippen LogP contribution in [0.25, 0.3) is 0 Å². The van der Waals surface area contributed by atoms with Gasteiger partial charge in [0.1, 0.15) is 0 Å². The highest BCUT2D eigenvalue weighted by Crippen LogP contribution is 2.21. The van der Waals surface area contributed by atoms with Gasteiger partial charge in [0.05, 0.1) is 16.3 Å². The monoisotopic (exact) mass is 270 g/mol. The molecule has 0 aliphatic carbocycles. The summed E-state index contributed by atoms with van der Waals surface area (Å²) in [7, 11) is -0.328. The van der Waals surface area contributed by atoms with E-state index in [1.165, 1.54) is 11.0 Å². The van der Waals surface area contributed by atoms with Crippen LogP contribution in [0.5, 0.6) is 0 Å². The van der Waals surface area contributed by atoms with E-state index in [-0.39, 0.29) is 28.7 Å². The number of anilines is 1. The smallest absolute Gasteiger partial charge is 0.223 e. The van der Waals surface area contributed by atoms with E-state index in [1.807, 2.05) is 0 Å². The average Bonchev–Trinajstić information content (AvgIpc) is 2.29. The van der Waals surface area contributed by atoms with Crippen molar-refractivity contribution in [3.05, 3.63) is 23.8 Å². The highest BCUT2D eigenvalue weighted by molar-refractivity contribution is 7.91. The summed E-state index contributed by atoms with van der Waals surface area (Å²) < 4.78 is 24.2. The third kappa shape index (κ3) is 3.46. The van der Waals surface area contributed by atoms with Crippen molar-refractivity contribution in [2.24, 2.45) is 0 Å². The van der Waals surface area contributed by atoms with E-state index in [9.17, 15) is 13.2 Å². The van der Waals surface area contributed by atoms with Crippen LogP contribution in [-0.2, 0) is 14.6 Å². The fourth-order valence-electron chi connectivity index (χ4n) is 1.47. The van der Waals surface area contributed by atoms with Gasteiger partial charge in [0.25, 0.3) is 0 Å². The summed E-state index contributed by atoms with van der Waals surface area (Å²) in [4.78, 5) is 12.9. The van der Waals surface area contributed by atoms with Gasteiger partial charge in [0, 0.05) is 20.5 Å². The first-order valence-electron chi connectivity index (χ1n) is 5.53. The van der Waals surface area contributed by atoms with Crippen LogP contribution in [0.1, 0.15) is 12.0 Å². The Bertz CT molecular complexity index is 550. The number of rotatable bonds is 4. The fourth-order valence-corrected chi connectivity index (χ4v) is 2.92. The van der Waals surface area contributed by atoms with E-state index in [2.05, 4.69) is 0 Å². The molecular formula is C12H18N2O3S. The van der Waals surface area contributed by atoms with E-state index in [1.54, 1.807) is 33.2 Å². The lowest BCUT2D eigenvalue weighted by Crippen LogP contribution is -2.24. The Hall–Kier alpha value is -1.56. The van der Waals surface area contributed by atoms with E-state index in [4.69, 9.17) is 5.73 Å². The average molecular weight is 270 g/mol. The lowest BCUT2D eigenvalue weighted by Gasteiger charge is -2.11. The molecule has 0 saturated carbocycles. The molecule has 0 saturated heterocycles. The molecule has 0 spiro atoms. The Balaban J connectivity index is 2.93. The van der Waals surface area contributed by atoms with Gasteiger partial charge in [0.2, 0.25) is 5.91 Å².